The molecule has 1 atom stereocenters. The summed E-state index contributed by atoms with van der Waals surface area (Å²) < 4.78 is 29.8. The fourth-order valence-corrected chi connectivity index (χ4v) is 4.36. The van der Waals surface area contributed by atoms with E-state index in [2.05, 4.69) is 20.4 Å². The van der Waals surface area contributed by atoms with Gasteiger partial charge in [-0.05, 0) is 54.1 Å². The molecule has 4 rings (SSSR count). The standard InChI is InChI=1S/C31H37FN4O5/c1-39-20-19-35-15-17-36(18-16-35)21-30(37)34-29(23-40-22-24-5-3-2-4-6-24)31(38)33-26-9-13-28(14-10-26)41-27-11-7-25(32)8-12-27/h2-14,29H,15-23H2,1H3,(H,33,38)(H,34,37). The maximum Gasteiger partial charge on any atom is 0.249 e. The maximum atomic E-state index is 13.2. The van der Waals surface area contributed by atoms with Crippen LogP contribution in [0.15, 0.2) is 78.9 Å². The highest BCUT2D eigenvalue weighted by Crippen LogP contribution is 2.23. The van der Waals surface area contributed by atoms with Crippen molar-refractivity contribution in [3.8, 4) is 11.5 Å². The number of hydrogen-bond acceptors (Lipinski definition) is 7. The number of amides is 2. The lowest BCUT2D eigenvalue weighted by atomic mass is 10.2. The van der Waals surface area contributed by atoms with E-state index in [1.165, 1.54) is 24.3 Å². The number of methoxy groups -OCH3 is 1. The second-order valence-electron chi connectivity index (χ2n) is 9.80. The Balaban J connectivity index is 1.32. The minimum atomic E-state index is -0.885. The first-order chi connectivity index (χ1) is 20.0. The molecule has 1 aliphatic heterocycles. The molecule has 10 heteroatoms. The molecule has 3 aromatic rings. The summed E-state index contributed by atoms with van der Waals surface area (Å²) in [5, 5.41) is 5.71. The van der Waals surface area contributed by atoms with Crippen molar-refractivity contribution in [1.29, 1.82) is 0 Å². The number of carbonyl (C=O) groups excluding carboxylic acids is 2. The monoisotopic (exact) mass is 564 g/mol. The molecule has 0 aliphatic carbocycles. The largest absolute Gasteiger partial charge is 0.457 e. The third-order valence-corrected chi connectivity index (χ3v) is 6.66. The summed E-state index contributed by atoms with van der Waals surface area (Å²) in [6.45, 7) is 5.36. The van der Waals surface area contributed by atoms with E-state index in [9.17, 15) is 14.0 Å². The quantitative estimate of drug-likeness (QED) is 0.310. The van der Waals surface area contributed by atoms with Crippen LogP contribution in [0.2, 0.25) is 0 Å². The molecule has 1 unspecified atom stereocenters. The Kier molecular flexibility index (Phi) is 11.6. The van der Waals surface area contributed by atoms with Gasteiger partial charge in [0.05, 0.1) is 26.4 Å². The van der Waals surface area contributed by atoms with E-state index in [1.54, 1.807) is 31.4 Å². The first kappa shape index (κ1) is 30.1. The molecule has 0 saturated carbocycles. The van der Waals surface area contributed by atoms with Crippen molar-refractivity contribution in [3.63, 3.8) is 0 Å². The van der Waals surface area contributed by atoms with Gasteiger partial charge in [0.2, 0.25) is 11.8 Å². The summed E-state index contributed by atoms with van der Waals surface area (Å²) >= 11 is 0. The van der Waals surface area contributed by atoms with Crippen molar-refractivity contribution in [2.24, 2.45) is 0 Å². The first-order valence-electron chi connectivity index (χ1n) is 13.7. The summed E-state index contributed by atoms with van der Waals surface area (Å²) in [4.78, 5) is 30.6. The van der Waals surface area contributed by atoms with Crippen molar-refractivity contribution in [1.82, 2.24) is 15.1 Å². The molecule has 1 fully saturated rings. The van der Waals surface area contributed by atoms with Crippen LogP contribution in [0.1, 0.15) is 5.56 Å². The molecule has 1 aliphatic rings. The number of piperazine rings is 1. The number of hydrogen-bond donors (Lipinski definition) is 2. The fourth-order valence-electron chi connectivity index (χ4n) is 4.36. The minimum Gasteiger partial charge on any atom is -0.457 e. The molecule has 0 radical (unpaired) electrons. The Morgan fingerprint density at radius 2 is 1.51 bits per heavy atom. The van der Waals surface area contributed by atoms with Crippen molar-refractivity contribution in [2.75, 3.05) is 64.9 Å². The fraction of sp³-hybridized carbons (Fsp3) is 0.355. The minimum absolute atomic E-state index is 0.0169. The Hall–Kier alpha value is -3.83. The number of rotatable bonds is 14. The van der Waals surface area contributed by atoms with E-state index in [1.807, 2.05) is 30.3 Å². The second-order valence-corrected chi connectivity index (χ2v) is 9.80. The molecular weight excluding hydrogens is 527 g/mol. The van der Waals surface area contributed by atoms with Gasteiger partial charge in [-0.3, -0.25) is 19.4 Å². The summed E-state index contributed by atoms with van der Waals surface area (Å²) in [5.74, 6) is 0.0704. The van der Waals surface area contributed by atoms with Crippen LogP contribution < -0.4 is 15.4 Å². The number of nitrogens with one attached hydrogen (secondary N) is 2. The van der Waals surface area contributed by atoms with Gasteiger partial charge >= 0.3 is 0 Å². The van der Waals surface area contributed by atoms with Crippen LogP contribution >= 0.6 is 0 Å². The Labute approximate surface area is 240 Å². The van der Waals surface area contributed by atoms with Crippen molar-refractivity contribution < 1.29 is 28.2 Å². The zero-order chi connectivity index (χ0) is 28.9. The van der Waals surface area contributed by atoms with Crippen molar-refractivity contribution in [3.05, 3.63) is 90.2 Å². The average Bonchev–Trinajstić information content (AvgIpc) is 2.99. The van der Waals surface area contributed by atoms with Gasteiger partial charge in [0, 0.05) is 45.5 Å². The summed E-state index contributed by atoms with van der Waals surface area (Å²) in [6, 6.07) is 21.3. The molecule has 3 aromatic carbocycles. The SMILES string of the molecule is COCCN1CCN(CC(=O)NC(COCc2ccccc2)C(=O)Nc2ccc(Oc3ccc(F)cc3)cc2)CC1. The molecule has 0 spiro atoms. The van der Waals surface area contributed by atoms with E-state index < -0.39 is 6.04 Å². The van der Waals surface area contributed by atoms with E-state index >= 15 is 0 Å². The number of halogens is 1. The molecular formula is C31H37FN4O5. The normalized spacial score (nSPS) is 14.8. The lowest BCUT2D eigenvalue weighted by Gasteiger charge is -2.34. The van der Waals surface area contributed by atoms with Crippen LogP contribution in [0, 0.1) is 5.82 Å². The summed E-state index contributed by atoms with van der Waals surface area (Å²) in [5.41, 5.74) is 1.51. The van der Waals surface area contributed by atoms with Crippen LogP contribution in [0.4, 0.5) is 10.1 Å². The number of anilines is 1. The van der Waals surface area contributed by atoms with E-state index in [0.717, 1.165) is 38.3 Å². The molecule has 9 nitrogen and oxygen atoms in total. The van der Waals surface area contributed by atoms with Crippen LogP contribution in [0.25, 0.3) is 0 Å². The number of nitrogens with zero attached hydrogens (tertiary/aromatic N) is 2. The highest BCUT2D eigenvalue weighted by atomic mass is 19.1. The highest BCUT2D eigenvalue weighted by molar-refractivity contribution is 5.97. The summed E-state index contributed by atoms with van der Waals surface area (Å²) in [6.07, 6.45) is 0. The average molecular weight is 565 g/mol. The zero-order valence-electron chi connectivity index (χ0n) is 23.3. The Bertz CT molecular complexity index is 1220. The maximum absolute atomic E-state index is 13.2. The zero-order valence-corrected chi connectivity index (χ0v) is 23.3. The molecule has 0 aromatic heterocycles. The number of benzene rings is 3. The summed E-state index contributed by atoms with van der Waals surface area (Å²) in [7, 11) is 1.69. The molecule has 2 N–H and O–H groups in total. The van der Waals surface area contributed by atoms with Gasteiger partial charge in [0.25, 0.3) is 0 Å². The van der Waals surface area contributed by atoms with Crippen LogP contribution in [0.3, 0.4) is 0 Å². The van der Waals surface area contributed by atoms with Crippen molar-refractivity contribution >= 4 is 17.5 Å². The predicted molar refractivity (Wildman–Crippen MR) is 154 cm³/mol. The van der Waals surface area contributed by atoms with Gasteiger partial charge in [-0.25, -0.2) is 4.39 Å². The Morgan fingerprint density at radius 3 is 2.17 bits per heavy atom. The van der Waals surface area contributed by atoms with Gasteiger partial charge in [0.1, 0.15) is 23.4 Å². The van der Waals surface area contributed by atoms with Crippen molar-refractivity contribution in [2.45, 2.75) is 12.6 Å². The lowest BCUT2D eigenvalue weighted by molar-refractivity contribution is -0.129. The van der Waals surface area contributed by atoms with E-state index in [0.29, 0.717) is 30.4 Å². The first-order valence-corrected chi connectivity index (χ1v) is 13.7. The van der Waals surface area contributed by atoms with Crippen LogP contribution in [0.5, 0.6) is 11.5 Å². The van der Waals surface area contributed by atoms with Gasteiger partial charge in [-0.1, -0.05) is 30.3 Å². The van der Waals surface area contributed by atoms with Gasteiger partial charge in [-0.2, -0.15) is 0 Å². The van der Waals surface area contributed by atoms with E-state index in [-0.39, 0.29) is 30.8 Å². The molecule has 2 amide bonds. The number of ether oxygens (including phenoxy) is 3. The Morgan fingerprint density at radius 1 is 0.878 bits per heavy atom. The van der Waals surface area contributed by atoms with Crippen LogP contribution in [-0.2, 0) is 25.7 Å². The molecule has 41 heavy (non-hydrogen) atoms. The topological polar surface area (TPSA) is 92.4 Å². The highest BCUT2D eigenvalue weighted by Gasteiger charge is 2.24. The van der Waals surface area contributed by atoms with E-state index in [4.69, 9.17) is 14.2 Å². The van der Waals surface area contributed by atoms with Crippen LogP contribution in [-0.4, -0.2) is 87.2 Å². The van der Waals surface area contributed by atoms with Gasteiger partial charge < -0.3 is 24.8 Å². The van der Waals surface area contributed by atoms with Gasteiger partial charge in [0.15, 0.2) is 0 Å². The third-order valence-electron chi connectivity index (χ3n) is 6.66. The molecule has 218 valence electrons. The smallest absolute Gasteiger partial charge is 0.249 e. The second kappa shape index (κ2) is 15.8. The predicted octanol–water partition coefficient (Wildman–Crippen LogP) is 3.52. The molecule has 1 heterocycles. The molecule has 1 saturated heterocycles. The third kappa shape index (κ3) is 10.3. The molecule has 0 bridgehead atoms. The number of carbonyl (C=O) groups is 2. The van der Waals surface area contributed by atoms with Gasteiger partial charge in [-0.15, -0.1) is 0 Å². The lowest BCUT2D eigenvalue weighted by Crippen LogP contribution is -2.53.